The summed E-state index contributed by atoms with van der Waals surface area (Å²) in [5, 5.41) is 9.77. The monoisotopic (exact) mass is 232 g/mol. The molecule has 88 valence electrons. The number of carbonyl (C=O) groups excluding carboxylic acids is 1. The fraction of sp³-hybridized carbons (Fsp3) is 0.900. The van der Waals surface area contributed by atoms with Gasteiger partial charge in [0.05, 0.1) is 5.88 Å². The van der Waals surface area contributed by atoms with Crippen LogP contribution in [0.2, 0.25) is 0 Å². The van der Waals surface area contributed by atoms with Crippen LogP contribution >= 0.6 is 11.8 Å². The predicted molar refractivity (Wildman–Crippen MR) is 62.5 cm³/mol. The van der Waals surface area contributed by atoms with Gasteiger partial charge < -0.3 is 15.7 Å². The molecule has 1 heterocycles. The first kappa shape index (κ1) is 12.8. The number of rotatable bonds is 4. The third-order valence-electron chi connectivity index (χ3n) is 2.47. The van der Waals surface area contributed by atoms with Gasteiger partial charge in [-0.25, -0.2) is 0 Å². The zero-order chi connectivity index (χ0) is 11.4. The van der Waals surface area contributed by atoms with Crippen LogP contribution in [0, 0.1) is 5.92 Å². The van der Waals surface area contributed by atoms with E-state index >= 15 is 0 Å². The van der Waals surface area contributed by atoms with Crippen LogP contribution in [-0.2, 0) is 4.79 Å². The lowest BCUT2D eigenvalue weighted by atomic mass is 9.99. The van der Waals surface area contributed by atoms with Crippen LogP contribution < -0.4 is 5.73 Å². The summed E-state index contributed by atoms with van der Waals surface area (Å²) in [7, 11) is 0. The summed E-state index contributed by atoms with van der Waals surface area (Å²) in [4.78, 5) is 13.4. The molecule has 0 saturated carbocycles. The summed E-state index contributed by atoms with van der Waals surface area (Å²) in [5.74, 6) is 1.82. The summed E-state index contributed by atoms with van der Waals surface area (Å²) in [6, 6.07) is -0.442. The molecule has 0 radical (unpaired) electrons. The molecule has 2 atom stereocenters. The molecule has 1 fully saturated rings. The summed E-state index contributed by atoms with van der Waals surface area (Å²) < 4.78 is 0. The maximum absolute atomic E-state index is 11.8. The number of nitrogens with two attached hydrogens (primary N) is 1. The number of aliphatic hydroxyl groups is 1. The van der Waals surface area contributed by atoms with E-state index in [0.29, 0.717) is 18.2 Å². The second kappa shape index (κ2) is 5.72. The van der Waals surface area contributed by atoms with Crippen molar-refractivity contribution >= 4 is 17.7 Å². The van der Waals surface area contributed by atoms with Crippen molar-refractivity contribution in [2.75, 3.05) is 18.2 Å². The van der Waals surface area contributed by atoms with Crippen LogP contribution in [0.1, 0.15) is 20.3 Å². The van der Waals surface area contributed by atoms with Gasteiger partial charge in [0, 0.05) is 18.3 Å². The van der Waals surface area contributed by atoms with Crippen LogP contribution in [0.15, 0.2) is 0 Å². The lowest BCUT2D eigenvalue weighted by Crippen LogP contribution is -2.47. The van der Waals surface area contributed by atoms with Gasteiger partial charge in [-0.3, -0.25) is 4.79 Å². The maximum Gasteiger partial charge on any atom is 0.253 e. The van der Waals surface area contributed by atoms with Gasteiger partial charge in [0.2, 0.25) is 0 Å². The predicted octanol–water partition coefficient (Wildman–Crippen LogP) is 0.254. The Labute approximate surface area is 95.2 Å². The molecule has 1 aliphatic rings. The van der Waals surface area contributed by atoms with Gasteiger partial charge in [-0.15, -0.1) is 11.8 Å². The fourth-order valence-electron chi connectivity index (χ4n) is 1.63. The van der Waals surface area contributed by atoms with Crippen molar-refractivity contribution in [2.45, 2.75) is 32.4 Å². The lowest BCUT2D eigenvalue weighted by molar-refractivity contribution is -0.139. The van der Waals surface area contributed by atoms with Crippen molar-refractivity contribution in [3.05, 3.63) is 0 Å². The second-order valence-electron chi connectivity index (χ2n) is 4.38. The molecule has 0 spiro atoms. The first-order chi connectivity index (χ1) is 7.02. The summed E-state index contributed by atoms with van der Waals surface area (Å²) in [6.07, 6.45) is -0.362. The molecule has 0 aromatic heterocycles. The zero-order valence-electron chi connectivity index (χ0n) is 9.35. The molecule has 1 aliphatic heterocycles. The van der Waals surface area contributed by atoms with E-state index in [4.69, 9.17) is 5.73 Å². The molecule has 0 aromatic rings. The van der Waals surface area contributed by atoms with E-state index in [1.54, 1.807) is 16.7 Å². The highest BCUT2D eigenvalue weighted by atomic mass is 32.2. The van der Waals surface area contributed by atoms with Gasteiger partial charge in [0.15, 0.2) is 0 Å². The highest BCUT2D eigenvalue weighted by Gasteiger charge is 2.29. The molecule has 0 aromatic carbocycles. The number of thioether (sulfide) groups is 1. The zero-order valence-corrected chi connectivity index (χ0v) is 10.2. The first-order valence-corrected chi connectivity index (χ1v) is 6.48. The Hall–Kier alpha value is -0.260. The van der Waals surface area contributed by atoms with Gasteiger partial charge in [0.25, 0.3) is 5.91 Å². The Bertz CT molecular complexity index is 217. The Morgan fingerprint density at radius 3 is 2.73 bits per heavy atom. The Kier molecular flexibility index (Phi) is 4.89. The second-order valence-corrected chi connectivity index (χ2v) is 5.45. The lowest BCUT2D eigenvalue weighted by Gasteiger charge is -2.24. The van der Waals surface area contributed by atoms with Crippen LogP contribution in [0.3, 0.4) is 0 Å². The van der Waals surface area contributed by atoms with Crippen LogP contribution in [0.5, 0.6) is 0 Å². The van der Waals surface area contributed by atoms with Gasteiger partial charge >= 0.3 is 0 Å². The number of amides is 1. The molecular weight excluding hydrogens is 212 g/mol. The Morgan fingerprint density at radius 1 is 1.60 bits per heavy atom. The van der Waals surface area contributed by atoms with Gasteiger partial charge in [-0.2, -0.15) is 0 Å². The number of nitrogens with zero attached hydrogens (tertiary/aromatic N) is 1. The highest BCUT2D eigenvalue weighted by molar-refractivity contribution is 7.99. The fourth-order valence-corrected chi connectivity index (χ4v) is 2.59. The average Bonchev–Trinajstić information content (AvgIpc) is 2.67. The molecule has 0 aliphatic carbocycles. The van der Waals surface area contributed by atoms with Crippen LogP contribution in [-0.4, -0.2) is 46.2 Å². The molecule has 0 unspecified atom stereocenters. The molecule has 4 nitrogen and oxygen atoms in total. The summed E-state index contributed by atoms with van der Waals surface area (Å²) >= 11 is 1.71. The maximum atomic E-state index is 11.8. The van der Waals surface area contributed by atoms with Crippen LogP contribution in [0.4, 0.5) is 0 Å². The molecule has 3 N–H and O–H groups in total. The summed E-state index contributed by atoms with van der Waals surface area (Å²) in [6.45, 7) is 4.79. The normalized spacial score (nSPS) is 20.7. The molecule has 5 heteroatoms. The van der Waals surface area contributed by atoms with Crippen LogP contribution in [0.25, 0.3) is 0 Å². The molecule has 1 rings (SSSR count). The molecule has 1 saturated heterocycles. The average molecular weight is 232 g/mol. The number of carbonyl (C=O) groups is 1. The molecule has 1 amide bonds. The molecule has 15 heavy (non-hydrogen) atoms. The topological polar surface area (TPSA) is 66.6 Å². The number of hydrogen-bond acceptors (Lipinski definition) is 4. The van der Waals surface area contributed by atoms with E-state index in [0.717, 1.165) is 12.3 Å². The largest absolute Gasteiger partial charge is 0.382 e. The highest BCUT2D eigenvalue weighted by Crippen LogP contribution is 2.16. The quantitative estimate of drug-likeness (QED) is 0.729. The summed E-state index contributed by atoms with van der Waals surface area (Å²) in [5.41, 5.74) is 5.78. The van der Waals surface area contributed by atoms with Gasteiger partial charge in [0.1, 0.15) is 6.10 Å². The van der Waals surface area contributed by atoms with Crippen molar-refractivity contribution in [2.24, 2.45) is 11.7 Å². The number of aliphatic hydroxyl groups excluding tert-OH is 1. The Morgan fingerprint density at radius 2 is 2.27 bits per heavy atom. The van der Waals surface area contributed by atoms with E-state index in [1.807, 2.05) is 13.8 Å². The smallest absolute Gasteiger partial charge is 0.253 e. The van der Waals surface area contributed by atoms with Crippen molar-refractivity contribution < 1.29 is 9.90 Å². The van der Waals surface area contributed by atoms with Crippen molar-refractivity contribution in [1.29, 1.82) is 0 Å². The minimum atomic E-state index is -1.04. The molecule has 0 bridgehead atoms. The Balaban J connectivity index is 2.43. The van der Waals surface area contributed by atoms with E-state index in [9.17, 15) is 9.90 Å². The van der Waals surface area contributed by atoms with Crippen molar-refractivity contribution in [1.82, 2.24) is 4.90 Å². The SMILES string of the molecule is CC(C)C[C@H](N)[C@H](O)C(=O)N1CCSC1. The van der Waals surface area contributed by atoms with Gasteiger partial charge in [-0.05, 0) is 12.3 Å². The minimum absolute atomic E-state index is 0.215. The minimum Gasteiger partial charge on any atom is -0.382 e. The van der Waals surface area contributed by atoms with E-state index < -0.39 is 12.1 Å². The standard InChI is InChI=1S/C10H20N2O2S/c1-7(2)5-8(11)9(13)10(14)12-3-4-15-6-12/h7-9,13H,3-6,11H2,1-2H3/t8-,9-/m0/s1. The van der Waals surface area contributed by atoms with Crippen molar-refractivity contribution in [3.63, 3.8) is 0 Å². The molecular formula is C10H20N2O2S. The van der Waals surface area contributed by atoms with E-state index in [1.165, 1.54) is 0 Å². The van der Waals surface area contributed by atoms with Crippen molar-refractivity contribution in [3.8, 4) is 0 Å². The van der Waals surface area contributed by atoms with E-state index in [2.05, 4.69) is 0 Å². The third-order valence-corrected chi connectivity index (χ3v) is 3.43. The number of hydrogen-bond donors (Lipinski definition) is 2. The third kappa shape index (κ3) is 3.66. The first-order valence-electron chi connectivity index (χ1n) is 5.32. The van der Waals surface area contributed by atoms with E-state index in [-0.39, 0.29) is 5.91 Å². The van der Waals surface area contributed by atoms with Gasteiger partial charge in [-0.1, -0.05) is 13.8 Å².